The molecule has 0 saturated heterocycles. The van der Waals surface area contributed by atoms with Crippen LogP contribution >= 0.6 is 11.6 Å². The summed E-state index contributed by atoms with van der Waals surface area (Å²) in [5.74, 6) is 0.129. The number of rotatable bonds is 7. The summed E-state index contributed by atoms with van der Waals surface area (Å²) in [6.07, 6.45) is 0. The first kappa shape index (κ1) is 21.3. The van der Waals surface area contributed by atoms with Crippen LogP contribution in [0.15, 0.2) is 46.9 Å². The van der Waals surface area contributed by atoms with E-state index in [-0.39, 0.29) is 41.4 Å². The van der Waals surface area contributed by atoms with Gasteiger partial charge in [-0.2, -0.15) is 0 Å². The van der Waals surface area contributed by atoms with Gasteiger partial charge in [0.05, 0.1) is 29.2 Å². The minimum atomic E-state index is -0.594. The third-order valence-electron chi connectivity index (χ3n) is 4.38. The van der Waals surface area contributed by atoms with Crippen molar-refractivity contribution >= 4 is 23.2 Å². The van der Waals surface area contributed by atoms with E-state index in [0.717, 1.165) is 0 Å². The molecule has 30 heavy (non-hydrogen) atoms. The zero-order valence-corrected chi connectivity index (χ0v) is 17.3. The number of methoxy groups -OCH3 is 1. The van der Waals surface area contributed by atoms with E-state index in [1.165, 1.54) is 30.2 Å². The number of benzene rings is 2. The highest BCUT2D eigenvalue weighted by molar-refractivity contribution is 6.33. The topological polar surface area (TPSA) is 112 Å². The van der Waals surface area contributed by atoms with E-state index in [1.54, 1.807) is 24.3 Å². The molecule has 0 radical (unpaired) electrons. The molecule has 0 N–H and O–H groups in total. The summed E-state index contributed by atoms with van der Waals surface area (Å²) in [5, 5.41) is 19.8. The van der Waals surface area contributed by atoms with Crippen molar-refractivity contribution in [3.8, 4) is 17.2 Å². The predicted molar refractivity (Wildman–Crippen MR) is 109 cm³/mol. The van der Waals surface area contributed by atoms with Gasteiger partial charge in [-0.1, -0.05) is 23.7 Å². The van der Waals surface area contributed by atoms with Crippen molar-refractivity contribution in [3.05, 3.63) is 69.1 Å². The fourth-order valence-corrected chi connectivity index (χ4v) is 3.04. The zero-order chi connectivity index (χ0) is 21.8. The third kappa shape index (κ3) is 4.41. The van der Waals surface area contributed by atoms with E-state index >= 15 is 0 Å². The average Bonchev–Trinajstić information content (AvgIpc) is 3.19. The Labute approximate surface area is 177 Å². The molecule has 0 saturated carbocycles. The number of hydrogen-bond donors (Lipinski definition) is 0. The molecule has 156 valence electrons. The first-order chi connectivity index (χ1) is 14.3. The highest BCUT2D eigenvalue weighted by Crippen LogP contribution is 2.29. The van der Waals surface area contributed by atoms with Gasteiger partial charge in [0.1, 0.15) is 0 Å². The molecule has 0 bridgehead atoms. The van der Waals surface area contributed by atoms with Gasteiger partial charge in [0, 0.05) is 17.7 Å². The molecule has 0 unspecified atom stereocenters. The van der Waals surface area contributed by atoms with Gasteiger partial charge >= 0.3 is 5.69 Å². The van der Waals surface area contributed by atoms with Crippen LogP contribution in [-0.4, -0.2) is 39.1 Å². The lowest BCUT2D eigenvalue weighted by Gasteiger charge is -2.25. The van der Waals surface area contributed by atoms with Crippen LogP contribution in [0.25, 0.3) is 11.5 Å². The van der Waals surface area contributed by atoms with Crippen LogP contribution in [0.1, 0.15) is 30.1 Å². The summed E-state index contributed by atoms with van der Waals surface area (Å²) in [6.45, 7) is 3.68. The highest BCUT2D eigenvalue weighted by Gasteiger charge is 2.25. The molecule has 1 aromatic heterocycles. The first-order valence-corrected chi connectivity index (χ1v) is 9.40. The maximum atomic E-state index is 13.0. The van der Waals surface area contributed by atoms with Gasteiger partial charge in [-0.3, -0.25) is 14.9 Å². The molecule has 0 spiro atoms. The second kappa shape index (κ2) is 8.91. The number of nitrogens with zero attached hydrogens (tertiary/aromatic N) is 4. The Bertz CT molecular complexity index is 1080. The molecule has 0 atom stereocenters. The molecule has 3 rings (SSSR count). The largest absolute Gasteiger partial charge is 0.490 e. The summed E-state index contributed by atoms with van der Waals surface area (Å²) >= 11 is 6.16. The Morgan fingerprint density at radius 3 is 2.63 bits per heavy atom. The summed E-state index contributed by atoms with van der Waals surface area (Å²) in [4.78, 5) is 25.2. The second-order valence-corrected chi connectivity index (χ2v) is 7.06. The fourth-order valence-electron chi connectivity index (χ4n) is 2.83. The predicted octanol–water partition coefficient (Wildman–Crippen LogP) is 4.36. The minimum absolute atomic E-state index is 0.0355. The number of amides is 1. The van der Waals surface area contributed by atoms with Crippen LogP contribution in [-0.2, 0) is 6.54 Å². The van der Waals surface area contributed by atoms with Crippen molar-refractivity contribution in [2.75, 3.05) is 7.11 Å². The van der Waals surface area contributed by atoms with Crippen LogP contribution in [0, 0.1) is 10.1 Å². The van der Waals surface area contributed by atoms with Crippen molar-refractivity contribution in [1.82, 2.24) is 15.1 Å². The van der Waals surface area contributed by atoms with Crippen molar-refractivity contribution < 1.29 is 18.9 Å². The monoisotopic (exact) mass is 430 g/mol. The number of nitro groups is 1. The second-order valence-electron chi connectivity index (χ2n) is 6.65. The van der Waals surface area contributed by atoms with E-state index in [4.69, 9.17) is 20.8 Å². The van der Waals surface area contributed by atoms with Crippen LogP contribution in [0.5, 0.6) is 5.75 Å². The van der Waals surface area contributed by atoms with Crippen LogP contribution in [0.4, 0.5) is 5.69 Å². The Morgan fingerprint density at radius 1 is 1.27 bits per heavy atom. The van der Waals surface area contributed by atoms with E-state index in [1.807, 2.05) is 13.8 Å². The summed E-state index contributed by atoms with van der Waals surface area (Å²) in [5.41, 5.74) is 0.457. The van der Waals surface area contributed by atoms with Gasteiger partial charge in [-0.15, -0.1) is 10.2 Å². The lowest BCUT2D eigenvalue weighted by Crippen LogP contribution is -2.36. The molecule has 0 aliphatic rings. The van der Waals surface area contributed by atoms with E-state index in [9.17, 15) is 14.9 Å². The zero-order valence-electron chi connectivity index (χ0n) is 16.5. The lowest BCUT2D eigenvalue weighted by atomic mass is 10.1. The molecule has 2 aromatic carbocycles. The van der Waals surface area contributed by atoms with Crippen LogP contribution in [0.2, 0.25) is 5.02 Å². The van der Waals surface area contributed by atoms with E-state index in [2.05, 4.69) is 10.2 Å². The van der Waals surface area contributed by atoms with Crippen molar-refractivity contribution in [3.63, 3.8) is 0 Å². The summed E-state index contributed by atoms with van der Waals surface area (Å²) < 4.78 is 10.7. The minimum Gasteiger partial charge on any atom is -0.490 e. The first-order valence-electron chi connectivity index (χ1n) is 9.02. The summed E-state index contributed by atoms with van der Waals surface area (Å²) in [6, 6.07) is 10.9. The standard InChI is InChI=1S/C20H19ClN4O5/c1-12(2)24(20(26)13-8-9-17(29-3)16(10-13)25(27)28)11-18-22-23-19(30-18)14-6-4-5-7-15(14)21/h4-10,12H,11H2,1-3H3. The molecule has 3 aromatic rings. The molecule has 0 aliphatic heterocycles. The van der Waals surface area contributed by atoms with Gasteiger partial charge in [0.15, 0.2) is 5.75 Å². The van der Waals surface area contributed by atoms with Gasteiger partial charge in [-0.25, -0.2) is 0 Å². The molecule has 9 nitrogen and oxygen atoms in total. The van der Waals surface area contributed by atoms with E-state index in [0.29, 0.717) is 10.6 Å². The average molecular weight is 431 g/mol. The number of halogens is 1. The molecule has 1 amide bonds. The Balaban J connectivity index is 1.87. The van der Waals surface area contributed by atoms with Crippen molar-refractivity contribution in [2.45, 2.75) is 26.4 Å². The maximum Gasteiger partial charge on any atom is 0.311 e. The van der Waals surface area contributed by atoms with Gasteiger partial charge in [-0.05, 0) is 38.1 Å². The van der Waals surface area contributed by atoms with Gasteiger partial charge < -0.3 is 14.1 Å². The lowest BCUT2D eigenvalue weighted by molar-refractivity contribution is -0.385. The number of nitro benzene ring substituents is 1. The summed E-state index contributed by atoms with van der Waals surface area (Å²) in [7, 11) is 1.33. The quantitative estimate of drug-likeness (QED) is 0.404. The maximum absolute atomic E-state index is 13.0. The number of hydrogen-bond acceptors (Lipinski definition) is 7. The smallest absolute Gasteiger partial charge is 0.311 e. The molecule has 0 fully saturated rings. The SMILES string of the molecule is COc1ccc(C(=O)N(Cc2nnc(-c3ccccc3Cl)o2)C(C)C)cc1[N+](=O)[O-]. The molecular weight excluding hydrogens is 412 g/mol. The van der Waals surface area contributed by atoms with Crippen LogP contribution < -0.4 is 4.74 Å². The Hall–Kier alpha value is -3.46. The van der Waals surface area contributed by atoms with E-state index < -0.39 is 10.8 Å². The van der Waals surface area contributed by atoms with Crippen LogP contribution in [0.3, 0.4) is 0 Å². The van der Waals surface area contributed by atoms with Crippen molar-refractivity contribution in [2.24, 2.45) is 0 Å². The number of aromatic nitrogens is 2. The highest BCUT2D eigenvalue weighted by atomic mass is 35.5. The number of ether oxygens (including phenoxy) is 1. The fraction of sp³-hybridized carbons (Fsp3) is 0.250. The van der Waals surface area contributed by atoms with Gasteiger partial charge in [0.2, 0.25) is 11.8 Å². The molecular formula is C20H19ClN4O5. The normalized spacial score (nSPS) is 10.8. The number of carbonyl (C=O) groups excluding carboxylic acids is 1. The Morgan fingerprint density at radius 2 is 2.00 bits per heavy atom. The Kier molecular flexibility index (Phi) is 6.31. The van der Waals surface area contributed by atoms with Crippen molar-refractivity contribution in [1.29, 1.82) is 0 Å². The molecule has 0 aliphatic carbocycles. The third-order valence-corrected chi connectivity index (χ3v) is 4.71. The molecule has 1 heterocycles. The number of carbonyl (C=O) groups is 1. The van der Waals surface area contributed by atoms with Gasteiger partial charge in [0.25, 0.3) is 5.91 Å². The molecule has 10 heteroatoms.